The van der Waals surface area contributed by atoms with Crippen molar-refractivity contribution in [3.63, 3.8) is 0 Å². The summed E-state index contributed by atoms with van der Waals surface area (Å²) >= 11 is 1.56. The van der Waals surface area contributed by atoms with Crippen molar-refractivity contribution in [1.82, 2.24) is 0 Å². The first kappa shape index (κ1) is 18.5. The van der Waals surface area contributed by atoms with Crippen LogP contribution in [0.3, 0.4) is 0 Å². The summed E-state index contributed by atoms with van der Waals surface area (Å²) in [6.45, 7) is -0.268. The van der Waals surface area contributed by atoms with E-state index in [0.29, 0.717) is 0 Å². The Labute approximate surface area is 158 Å². The van der Waals surface area contributed by atoms with Gasteiger partial charge in [-0.3, -0.25) is 9.59 Å². The molecule has 1 fully saturated rings. The van der Waals surface area contributed by atoms with Gasteiger partial charge in [0.25, 0.3) is 5.91 Å². The van der Waals surface area contributed by atoms with Crippen LogP contribution in [0, 0.1) is 0 Å². The van der Waals surface area contributed by atoms with Crippen LogP contribution in [0.15, 0.2) is 59.5 Å². The fourth-order valence-corrected chi connectivity index (χ4v) is 4.10. The molecule has 0 aliphatic heterocycles. The molecule has 0 heterocycles. The van der Waals surface area contributed by atoms with E-state index in [-0.39, 0.29) is 18.5 Å². The van der Waals surface area contributed by atoms with Gasteiger partial charge in [0.15, 0.2) is 6.61 Å². The third-order valence-corrected chi connectivity index (χ3v) is 5.69. The van der Waals surface area contributed by atoms with Crippen LogP contribution in [0.2, 0.25) is 0 Å². The Kier molecular flexibility index (Phi) is 5.99. The van der Waals surface area contributed by atoms with Gasteiger partial charge in [-0.15, -0.1) is 11.8 Å². The fraction of sp³-hybridized carbons (Fsp3) is 0.333. The summed E-state index contributed by atoms with van der Waals surface area (Å²) in [5.74, 6) is -0.615. The summed E-state index contributed by atoms with van der Waals surface area (Å²) in [6, 6.07) is 17.3. The maximum absolute atomic E-state index is 12.8. The molecule has 0 unspecified atom stereocenters. The molecule has 1 aliphatic carbocycles. The Bertz CT molecular complexity index is 770. The zero-order valence-corrected chi connectivity index (χ0v) is 15.7. The maximum atomic E-state index is 12.8. The second-order valence-electron chi connectivity index (χ2n) is 6.48. The normalized spacial score (nSPS) is 15.4. The number of ether oxygens (including phenoxy) is 1. The van der Waals surface area contributed by atoms with Crippen molar-refractivity contribution < 1.29 is 14.3 Å². The number of para-hydroxylation sites is 1. The number of esters is 1. The molecule has 4 nitrogen and oxygen atoms in total. The minimum absolute atomic E-state index is 0.268. The van der Waals surface area contributed by atoms with Crippen molar-refractivity contribution in [3.8, 4) is 0 Å². The van der Waals surface area contributed by atoms with Crippen LogP contribution in [0.1, 0.15) is 31.2 Å². The molecule has 136 valence electrons. The molecule has 0 saturated heterocycles. The lowest BCUT2D eigenvalue weighted by molar-refractivity contribution is -0.153. The number of rotatable bonds is 6. The smallest absolute Gasteiger partial charge is 0.317 e. The Hall–Kier alpha value is -2.27. The van der Waals surface area contributed by atoms with Crippen molar-refractivity contribution in [2.24, 2.45) is 0 Å². The van der Waals surface area contributed by atoms with E-state index in [1.807, 2.05) is 60.9 Å². The summed E-state index contributed by atoms with van der Waals surface area (Å²) in [4.78, 5) is 26.1. The summed E-state index contributed by atoms with van der Waals surface area (Å²) in [6.07, 6.45) is 5.49. The van der Waals surface area contributed by atoms with Gasteiger partial charge in [0.05, 0.1) is 11.1 Å². The van der Waals surface area contributed by atoms with E-state index in [2.05, 4.69) is 5.32 Å². The second-order valence-corrected chi connectivity index (χ2v) is 7.33. The third kappa shape index (κ3) is 3.93. The zero-order valence-electron chi connectivity index (χ0n) is 14.9. The lowest BCUT2D eigenvalue weighted by atomic mass is 9.79. The molecule has 2 aromatic carbocycles. The van der Waals surface area contributed by atoms with Crippen LogP contribution >= 0.6 is 11.8 Å². The molecule has 5 heteroatoms. The van der Waals surface area contributed by atoms with Crippen LogP contribution in [0.5, 0.6) is 0 Å². The number of carbonyl (C=O) groups is 2. The summed E-state index contributed by atoms with van der Waals surface area (Å²) in [5.41, 5.74) is 1.11. The number of hydrogen-bond donors (Lipinski definition) is 1. The van der Waals surface area contributed by atoms with Crippen LogP contribution in [0.4, 0.5) is 5.69 Å². The van der Waals surface area contributed by atoms with Crippen molar-refractivity contribution in [1.29, 1.82) is 0 Å². The van der Waals surface area contributed by atoms with Gasteiger partial charge in [-0.25, -0.2) is 0 Å². The molecular weight excluding hydrogens is 346 g/mol. The molecule has 0 aromatic heterocycles. The lowest BCUT2D eigenvalue weighted by Gasteiger charge is -2.27. The molecule has 3 rings (SSSR count). The Morgan fingerprint density at radius 2 is 1.69 bits per heavy atom. The number of amides is 1. The first-order valence-corrected chi connectivity index (χ1v) is 10.0. The van der Waals surface area contributed by atoms with Crippen LogP contribution in [-0.4, -0.2) is 24.7 Å². The Morgan fingerprint density at radius 3 is 2.38 bits per heavy atom. The van der Waals surface area contributed by atoms with Gasteiger partial charge in [0, 0.05) is 4.90 Å². The minimum Gasteiger partial charge on any atom is -0.455 e. The van der Waals surface area contributed by atoms with E-state index in [9.17, 15) is 9.59 Å². The second kappa shape index (κ2) is 8.41. The number of anilines is 1. The maximum Gasteiger partial charge on any atom is 0.317 e. The molecule has 1 N–H and O–H groups in total. The van der Waals surface area contributed by atoms with E-state index >= 15 is 0 Å². The standard InChI is InChI=1S/C21H23NO3S/c1-26-18-12-6-5-11-17(18)22-19(23)15-25-20(24)21(13-7-8-14-21)16-9-3-2-4-10-16/h2-6,9-12H,7-8,13-15H2,1H3,(H,22,23). The lowest BCUT2D eigenvalue weighted by Crippen LogP contribution is -2.36. The topological polar surface area (TPSA) is 55.4 Å². The third-order valence-electron chi connectivity index (χ3n) is 4.89. The molecule has 0 spiro atoms. The van der Waals surface area contributed by atoms with Crippen LogP contribution in [-0.2, 0) is 19.7 Å². The quantitative estimate of drug-likeness (QED) is 0.606. The molecule has 0 atom stereocenters. The van der Waals surface area contributed by atoms with Crippen molar-refractivity contribution in [2.75, 3.05) is 18.2 Å². The van der Waals surface area contributed by atoms with Crippen LogP contribution < -0.4 is 5.32 Å². The molecule has 0 bridgehead atoms. The molecular formula is C21H23NO3S. The van der Waals surface area contributed by atoms with Crippen molar-refractivity contribution in [2.45, 2.75) is 36.0 Å². The average Bonchev–Trinajstić information content (AvgIpc) is 3.18. The molecule has 1 saturated carbocycles. The fourth-order valence-electron chi connectivity index (χ4n) is 3.55. The van der Waals surface area contributed by atoms with E-state index in [0.717, 1.165) is 41.8 Å². The first-order valence-electron chi connectivity index (χ1n) is 8.81. The highest BCUT2D eigenvalue weighted by Gasteiger charge is 2.44. The SMILES string of the molecule is CSc1ccccc1NC(=O)COC(=O)C1(c2ccccc2)CCCC1. The Balaban J connectivity index is 1.65. The molecule has 2 aromatic rings. The highest BCUT2D eigenvalue weighted by Crippen LogP contribution is 2.42. The number of thioether (sulfide) groups is 1. The van der Waals surface area contributed by atoms with Gasteiger partial charge < -0.3 is 10.1 Å². The van der Waals surface area contributed by atoms with E-state index in [1.54, 1.807) is 11.8 Å². The van der Waals surface area contributed by atoms with Gasteiger partial charge >= 0.3 is 5.97 Å². The van der Waals surface area contributed by atoms with Crippen LogP contribution in [0.25, 0.3) is 0 Å². The highest BCUT2D eigenvalue weighted by molar-refractivity contribution is 7.98. The highest BCUT2D eigenvalue weighted by atomic mass is 32.2. The summed E-state index contributed by atoms with van der Waals surface area (Å²) < 4.78 is 5.43. The minimum atomic E-state index is -0.612. The number of carbonyl (C=O) groups excluding carboxylic acids is 2. The van der Waals surface area contributed by atoms with Gasteiger partial charge in [-0.2, -0.15) is 0 Å². The molecule has 1 aliphatic rings. The summed E-state index contributed by atoms with van der Waals surface area (Å²) in [5, 5.41) is 2.82. The van der Waals surface area contributed by atoms with Gasteiger partial charge in [-0.1, -0.05) is 55.3 Å². The van der Waals surface area contributed by atoms with E-state index in [4.69, 9.17) is 4.74 Å². The number of nitrogens with one attached hydrogen (secondary N) is 1. The number of hydrogen-bond acceptors (Lipinski definition) is 4. The zero-order chi connectivity index (χ0) is 18.4. The van der Waals surface area contributed by atoms with Gasteiger partial charge in [0.2, 0.25) is 0 Å². The first-order chi connectivity index (χ1) is 12.7. The monoisotopic (exact) mass is 369 g/mol. The van der Waals surface area contributed by atoms with E-state index < -0.39 is 5.41 Å². The molecule has 1 amide bonds. The summed E-state index contributed by atoms with van der Waals surface area (Å²) in [7, 11) is 0. The number of benzene rings is 2. The van der Waals surface area contributed by atoms with Gasteiger partial charge in [-0.05, 0) is 36.8 Å². The Morgan fingerprint density at radius 1 is 1.04 bits per heavy atom. The predicted octanol–water partition coefficient (Wildman–Crippen LogP) is 4.40. The van der Waals surface area contributed by atoms with Crippen molar-refractivity contribution >= 4 is 29.3 Å². The molecule has 0 radical (unpaired) electrons. The van der Waals surface area contributed by atoms with Gasteiger partial charge in [0.1, 0.15) is 0 Å². The average molecular weight is 369 g/mol. The largest absolute Gasteiger partial charge is 0.455 e. The van der Waals surface area contributed by atoms with E-state index in [1.165, 1.54) is 0 Å². The predicted molar refractivity (Wildman–Crippen MR) is 104 cm³/mol. The molecule has 26 heavy (non-hydrogen) atoms. The van der Waals surface area contributed by atoms with Crippen molar-refractivity contribution in [3.05, 3.63) is 60.2 Å².